The average molecular weight is 432 g/mol. The van der Waals surface area contributed by atoms with Crippen molar-refractivity contribution in [1.82, 2.24) is 19.8 Å². The van der Waals surface area contributed by atoms with E-state index in [2.05, 4.69) is 10.3 Å². The van der Waals surface area contributed by atoms with E-state index in [-0.39, 0.29) is 36.5 Å². The lowest BCUT2D eigenvalue weighted by atomic mass is 10.1. The number of aromatic hydroxyl groups is 1. The molecule has 0 aromatic carbocycles. The van der Waals surface area contributed by atoms with Crippen LogP contribution in [0.1, 0.15) is 45.7 Å². The van der Waals surface area contributed by atoms with Gasteiger partial charge in [-0.15, -0.1) is 0 Å². The Morgan fingerprint density at radius 1 is 1.29 bits per heavy atom. The van der Waals surface area contributed by atoms with Gasteiger partial charge in [-0.05, 0) is 31.4 Å². The van der Waals surface area contributed by atoms with Crippen molar-refractivity contribution < 1.29 is 28.2 Å². The number of nitrogens with one attached hydrogen (secondary N) is 1. The van der Waals surface area contributed by atoms with E-state index < -0.39 is 46.7 Å². The van der Waals surface area contributed by atoms with Crippen LogP contribution in [0.5, 0.6) is 5.75 Å². The zero-order chi connectivity index (χ0) is 21.9. The van der Waals surface area contributed by atoms with Crippen molar-refractivity contribution in [3.8, 4) is 5.75 Å². The normalized spacial score (nSPS) is 24.0. The van der Waals surface area contributed by atoms with E-state index in [1.165, 1.54) is 10.8 Å². The SMILES string of the molecule is O=C(NCc1ccc(F)nc1F)c1cn2c(c(O)c1=O)C(=O)N1[C@H]3CC[C@H](C3)O[C@@H]1C2. The molecule has 5 rings (SSSR count). The van der Waals surface area contributed by atoms with Gasteiger partial charge in [-0.25, -0.2) is 0 Å². The maximum Gasteiger partial charge on any atom is 0.276 e. The van der Waals surface area contributed by atoms with Gasteiger partial charge in [0.05, 0.1) is 12.6 Å². The lowest BCUT2D eigenvalue weighted by Gasteiger charge is -2.44. The minimum Gasteiger partial charge on any atom is -0.503 e. The number of hydrogen-bond donors (Lipinski definition) is 2. The molecule has 31 heavy (non-hydrogen) atoms. The summed E-state index contributed by atoms with van der Waals surface area (Å²) in [7, 11) is 0. The highest BCUT2D eigenvalue weighted by Gasteiger charge is 2.47. The predicted octanol–water partition coefficient (Wildman–Crippen LogP) is 0.890. The summed E-state index contributed by atoms with van der Waals surface area (Å²) in [4.78, 5) is 42.8. The molecule has 0 spiro atoms. The quantitative estimate of drug-likeness (QED) is 0.697. The Hall–Kier alpha value is -3.34. The average Bonchev–Trinajstić information content (AvgIpc) is 3.10. The smallest absolute Gasteiger partial charge is 0.276 e. The second kappa shape index (κ2) is 7.12. The molecule has 1 saturated carbocycles. The molecule has 2 bridgehead atoms. The molecule has 3 atom stereocenters. The van der Waals surface area contributed by atoms with Crippen LogP contribution in [0.25, 0.3) is 0 Å². The maximum atomic E-state index is 13.7. The van der Waals surface area contributed by atoms with Crippen molar-refractivity contribution in [2.24, 2.45) is 0 Å². The van der Waals surface area contributed by atoms with E-state index >= 15 is 0 Å². The Labute approximate surface area is 174 Å². The third-order valence-electron chi connectivity index (χ3n) is 6.03. The number of amides is 2. The first-order valence-corrected chi connectivity index (χ1v) is 9.87. The third kappa shape index (κ3) is 3.16. The molecule has 2 aromatic rings. The van der Waals surface area contributed by atoms with Crippen LogP contribution < -0.4 is 10.7 Å². The monoisotopic (exact) mass is 432 g/mol. The minimum atomic E-state index is -1.08. The molecular weight excluding hydrogens is 414 g/mol. The molecule has 2 fully saturated rings. The van der Waals surface area contributed by atoms with Crippen LogP contribution >= 0.6 is 0 Å². The number of carbonyl (C=O) groups is 2. The van der Waals surface area contributed by atoms with Gasteiger partial charge < -0.3 is 24.6 Å². The van der Waals surface area contributed by atoms with Crippen LogP contribution in [-0.4, -0.2) is 49.7 Å². The van der Waals surface area contributed by atoms with E-state index in [0.717, 1.165) is 31.4 Å². The van der Waals surface area contributed by atoms with E-state index in [4.69, 9.17) is 4.74 Å². The number of rotatable bonds is 3. The van der Waals surface area contributed by atoms with Crippen molar-refractivity contribution in [3.05, 3.63) is 57.3 Å². The van der Waals surface area contributed by atoms with Crippen molar-refractivity contribution in [2.75, 3.05) is 0 Å². The van der Waals surface area contributed by atoms with Gasteiger partial charge in [-0.3, -0.25) is 14.4 Å². The summed E-state index contributed by atoms with van der Waals surface area (Å²) in [5.41, 5.74) is -1.67. The van der Waals surface area contributed by atoms with Crippen LogP contribution in [0, 0.1) is 11.9 Å². The van der Waals surface area contributed by atoms with Crippen molar-refractivity contribution in [1.29, 1.82) is 0 Å². The van der Waals surface area contributed by atoms with Crippen LogP contribution in [0.2, 0.25) is 0 Å². The van der Waals surface area contributed by atoms with E-state index in [1.54, 1.807) is 4.90 Å². The number of pyridine rings is 2. The number of ether oxygens (including phenoxy) is 1. The fourth-order valence-electron chi connectivity index (χ4n) is 4.56. The molecule has 2 N–H and O–H groups in total. The van der Waals surface area contributed by atoms with Gasteiger partial charge in [-0.1, -0.05) is 0 Å². The molecule has 1 aliphatic carbocycles. The number of carbonyl (C=O) groups excluding carboxylic acids is 2. The first-order chi connectivity index (χ1) is 14.8. The molecule has 0 radical (unpaired) electrons. The molecule has 2 amide bonds. The van der Waals surface area contributed by atoms with Crippen LogP contribution in [0.15, 0.2) is 23.1 Å². The molecule has 3 aliphatic rings. The molecule has 9 nitrogen and oxygen atoms in total. The largest absolute Gasteiger partial charge is 0.503 e. The fourth-order valence-corrected chi connectivity index (χ4v) is 4.56. The van der Waals surface area contributed by atoms with Crippen LogP contribution in [-0.2, 0) is 17.8 Å². The second-order valence-corrected chi connectivity index (χ2v) is 7.88. The van der Waals surface area contributed by atoms with Gasteiger partial charge in [0.25, 0.3) is 11.8 Å². The summed E-state index contributed by atoms with van der Waals surface area (Å²) in [6.07, 6.45) is 3.09. The van der Waals surface area contributed by atoms with Crippen molar-refractivity contribution >= 4 is 11.8 Å². The van der Waals surface area contributed by atoms with Crippen LogP contribution in [0.3, 0.4) is 0 Å². The number of hydrogen-bond acceptors (Lipinski definition) is 6. The molecule has 2 aliphatic heterocycles. The lowest BCUT2D eigenvalue weighted by Crippen LogP contribution is -2.57. The van der Waals surface area contributed by atoms with Crippen LogP contribution in [0.4, 0.5) is 8.78 Å². The molecular formula is C20H18F2N4O5. The Kier molecular flexibility index (Phi) is 4.50. The standard InChI is InChI=1S/C20H18F2N4O5/c21-13-4-1-9(18(22)24-13)6-23-19(29)12-7-25-8-14-26(10-2-3-11(5-10)31-14)20(30)15(25)17(28)16(12)27/h1,4,7,10-11,14,28H,2-3,5-6,8H2,(H,23,29)/t10-,11+,14+/m0/s1. The Morgan fingerprint density at radius 3 is 2.87 bits per heavy atom. The number of fused-ring (bicyclic) bond motifs is 5. The van der Waals surface area contributed by atoms with Gasteiger partial charge in [-0.2, -0.15) is 13.8 Å². The summed E-state index contributed by atoms with van der Waals surface area (Å²) < 4.78 is 33.9. The highest BCUT2D eigenvalue weighted by Crippen LogP contribution is 2.38. The van der Waals surface area contributed by atoms with E-state index in [1.807, 2.05) is 0 Å². The first-order valence-electron chi connectivity index (χ1n) is 9.87. The first kappa shape index (κ1) is 19.6. The summed E-state index contributed by atoms with van der Waals surface area (Å²) in [6, 6.07) is 2.07. The molecule has 162 valence electrons. The zero-order valence-corrected chi connectivity index (χ0v) is 16.2. The predicted molar refractivity (Wildman–Crippen MR) is 100 cm³/mol. The molecule has 1 saturated heterocycles. The van der Waals surface area contributed by atoms with E-state index in [9.17, 15) is 28.3 Å². The Bertz CT molecular complexity index is 1170. The highest BCUT2D eigenvalue weighted by atomic mass is 19.1. The number of nitrogens with zero attached hydrogens (tertiary/aromatic N) is 3. The molecule has 0 unspecified atom stereocenters. The molecule has 2 aromatic heterocycles. The van der Waals surface area contributed by atoms with Crippen molar-refractivity contribution in [3.63, 3.8) is 0 Å². The topological polar surface area (TPSA) is 114 Å². The highest BCUT2D eigenvalue weighted by molar-refractivity contribution is 5.99. The number of aromatic nitrogens is 2. The van der Waals surface area contributed by atoms with E-state index in [0.29, 0.717) is 0 Å². The molecule has 4 heterocycles. The van der Waals surface area contributed by atoms with Gasteiger partial charge in [0.15, 0.2) is 17.7 Å². The third-order valence-corrected chi connectivity index (χ3v) is 6.03. The molecule has 11 heteroatoms. The van der Waals surface area contributed by atoms with Gasteiger partial charge in [0, 0.05) is 24.3 Å². The Morgan fingerprint density at radius 2 is 2.10 bits per heavy atom. The van der Waals surface area contributed by atoms with Gasteiger partial charge >= 0.3 is 0 Å². The fraction of sp³-hybridized carbons (Fsp3) is 0.400. The van der Waals surface area contributed by atoms with Gasteiger partial charge in [0.2, 0.25) is 17.3 Å². The van der Waals surface area contributed by atoms with Gasteiger partial charge in [0.1, 0.15) is 5.56 Å². The Balaban J connectivity index is 1.43. The number of halogens is 2. The minimum absolute atomic E-state index is 0.00157. The second-order valence-electron chi connectivity index (χ2n) is 7.88. The summed E-state index contributed by atoms with van der Waals surface area (Å²) in [5.74, 6) is -4.28. The zero-order valence-electron chi connectivity index (χ0n) is 16.2. The lowest BCUT2D eigenvalue weighted by molar-refractivity contribution is -0.132. The summed E-state index contributed by atoms with van der Waals surface area (Å²) >= 11 is 0. The van der Waals surface area contributed by atoms with Crippen molar-refractivity contribution in [2.45, 2.75) is 50.7 Å². The maximum absolute atomic E-state index is 13.7. The summed E-state index contributed by atoms with van der Waals surface area (Å²) in [5, 5.41) is 12.8. The summed E-state index contributed by atoms with van der Waals surface area (Å²) in [6.45, 7) is -0.180.